The molecule has 4 nitrogen and oxygen atoms in total. The summed E-state index contributed by atoms with van der Waals surface area (Å²) in [6, 6.07) is 13.8. The van der Waals surface area contributed by atoms with E-state index in [0.717, 1.165) is 23.6 Å². The summed E-state index contributed by atoms with van der Waals surface area (Å²) < 4.78 is 0. The molecule has 1 N–H and O–H groups in total. The van der Waals surface area contributed by atoms with Crippen molar-refractivity contribution in [3.8, 4) is 6.07 Å². The van der Waals surface area contributed by atoms with Crippen molar-refractivity contribution in [1.82, 2.24) is 4.98 Å². The number of rotatable bonds is 4. The predicted molar refractivity (Wildman–Crippen MR) is 77.0 cm³/mol. The molecule has 0 radical (unpaired) electrons. The van der Waals surface area contributed by atoms with Gasteiger partial charge in [0.25, 0.3) is 0 Å². The minimum absolute atomic E-state index is 0.685. The fraction of sp³-hybridized carbons (Fsp3) is 0.200. The van der Waals surface area contributed by atoms with Crippen LogP contribution in [0.1, 0.15) is 11.1 Å². The monoisotopic (exact) mass is 252 g/mol. The Bertz CT molecular complexity index is 584. The van der Waals surface area contributed by atoms with Gasteiger partial charge in [-0.3, -0.25) is 0 Å². The van der Waals surface area contributed by atoms with E-state index in [0.29, 0.717) is 5.56 Å². The number of para-hydroxylation sites is 1. The highest BCUT2D eigenvalue weighted by Crippen LogP contribution is 2.20. The molecule has 0 unspecified atom stereocenters. The molecular weight excluding hydrogens is 236 g/mol. The van der Waals surface area contributed by atoms with E-state index in [9.17, 15) is 0 Å². The Morgan fingerprint density at radius 1 is 1.26 bits per heavy atom. The molecule has 2 aromatic rings. The molecule has 1 aromatic heterocycles. The van der Waals surface area contributed by atoms with Crippen LogP contribution in [-0.4, -0.2) is 19.1 Å². The van der Waals surface area contributed by atoms with Gasteiger partial charge in [0.05, 0.1) is 11.3 Å². The third kappa shape index (κ3) is 3.02. The molecule has 0 aliphatic carbocycles. The third-order valence-electron chi connectivity index (χ3n) is 2.94. The summed E-state index contributed by atoms with van der Waals surface area (Å²) in [5.74, 6) is 0.851. The van der Waals surface area contributed by atoms with Gasteiger partial charge in [0.2, 0.25) is 0 Å². The van der Waals surface area contributed by atoms with Crippen molar-refractivity contribution in [1.29, 1.82) is 5.26 Å². The van der Waals surface area contributed by atoms with Gasteiger partial charge in [-0.1, -0.05) is 18.2 Å². The SMILES string of the molecule is CNc1ccc(CN(C)c2ccccc2C#N)cn1. The van der Waals surface area contributed by atoms with Crippen LogP contribution >= 0.6 is 0 Å². The number of aromatic nitrogens is 1. The van der Waals surface area contributed by atoms with Crippen LogP contribution in [0.4, 0.5) is 11.5 Å². The Hall–Kier alpha value is -2.54. The van der Waals surface area contributed by atoms with Crippen LogP contribution < -0.4 is 10.2 Å². The van der Waals surface area contributed by atoms with Gasteiger partial charge < -0.3 is 10.2 Å². The zero-order valence-electron chi connectivity index (χ0n) is 11.1. The molecule has 0 atom stereocenters. The van der Waals surface area contributed by atoms with E-state index in [1.807, 2.05) is 56.7 Å². The van der Waals surface area contributed by atoms with E-state index >= 15 is 0 Å². The van der Waals surface area contributed by atoms with E-state index in [2.05, 4.69) is 21.3 Å². The second-order valence-corrected chi connectivity index (χ2v) is 4.29. The van der Waals surface area contributed by atoms with Gasteiger partial charge in [0.15, 0.2) is 0 Å². The van der Waals surface area contributed by atoms with E-state index < -0.39 is 0 Å². The molecule has 0 fully saturated rings. The lowest BCUT2D eigenvalue weighted by atomic mass is 10.1. The molecule has 0 bridgehead atoms. The first-order valence-electron chi connectivity index (χ1n) is 6.07. The maximum Gasteiger partial charge on any atom is 0.125 e. The summed E-state index contributed by atoms with van der Waals surface area (Å²) in [6.07, 6.45) is 1.84. The molecule has 2 rings (SSSR count). The lowest BCUT2D eigenvalue weighted by Gasteiger charge is -2.20. The average Bonchev–Trinajstić information content (AvgIpc) is 2.48. The van der Waals surface area contributed by atoms with Crippen LogP contribution in [0.3, 0.4) is 0 Å². The molecule has 0 aliphatic rings. The molecule has 0 spiro atoms. The summed E-state index contributed by atoms with van der Waals surface area (Å²) in [6.45, 7) is 0.718. The number of nitrogens with one attached hydrogen (secondary N) is 1. The number of hydrogen-bond donors (Lipinski definition) is 1. The van der Waals surface area contributed by atoms with Gasteiger partial charge in [-0.2, -0.15) is 5.26 Å². The standard InChI is InChI=1S/C15H16N4/c1-17-15-8-7-12(10-18-15)11-19(2)14-6-4-3-5-13(14)9-16/h3-8,10H,11H2,1-2H3,(H,17,18). The number of nitrogens with zero attached hydrogens (tertiary/aromatic N) is 3. The molecule has 0 saturated carbocycles. The van der Waals surface area contributed by atoms with Crippen molar-refractivity contribution in [3.05, 3.63) is 53.7 Å². The second kappa shape index (κ2) is 5.87. The first-order valence-corrected chi connectivity index (χ1v) is 6.07. The van der Waals surface area contributed by atoms with Crippen molar-refractivity contribution < 1.29 is 0 Å². The van der Waals surface area contributed by atoms with Crippen molar-refractivity contribution in [3.63, 3.8) is 0 Å². The van der Waals surface area contributed by atoms with E-state index in [4.69, 9.17) is 5.26 Å². The zero-order valence-corrected chi connectivity index (χ0v) is 11.1. The fourth-order valence-electron chi connectivity index (χ4n) is 1.93. The molecule has 1 heterocycles. The minimum Gasteiger partial charge on any atom is -0.373 e. The topological polar surface area (TPSA) is 52.0 Å². The minimum atomic E-state index is 0.685. The molecule has 19 heavy (non-hydrogen) atoms. The molecular formula is C15H16N4. The van der Waals surface area contributed by atoms with Crippen molar-refractivity contribution >= 4 is 11.5 Å². The van der Waals surface area contributed by atoms with Crippen LogP contribution in [0, 0.1) is 11.3 Å². The van der Waals surface area contributed by atoms with Crippen LogP contribution in [0.15, 0.2) is 42.6 Å². The summed E-state index contributed by atoms with van der Waals surface area (Å²) in [5.41, 5.74) is 2.72. The Kier molecular flexibility index (Phi) is 3.99. The molecule has 96 valence electrons. The lowest BCUT2D eigenvalue weighted by molar-refractivity contribution is 0.913. The third-order valence-corrected chi connectivity index (χ3v) is 2.94. The van der Waals surface area contributed by atoms with Crippen molar-refractivity contribution in [2.24, 2.45) is 0 Å². The number of pyridine rings is 1. The lowest BCUT2D eigenvalue weighted by Crippen LogP contribution is -2.17. The van der Waals surface area contributed by atoms with Crippen molar-refractivity contribution in [2.75, 3.05) is 24.3 Å². The highest BCUT2D eigenvalue weighted by molar-refractivity contribution is 5.58. The smallest absolute Gasteiger partial charge is 0.125 e. The highest BCUT2D eigenvalue weighted by Gasteiger charge is 2.07. The number of anilines is 2. The van der Waals surface area contributed by atoms with Gasteiger partial charge >= 0.3 is 0 Å². The zero-order chi connectivity index (χ0) is 13.7. The fourth-order valence-corrected chi connectivity index (χ4v) is 1.93. The largest absolute Gasteiger partial charge is 0.373 e. The first kappa shape index (κ1) is 12.9. The molecule has 0 amide bonds. The van der Waals surface area contributed by atoms with E-state index in [-0.39, 0.29) is 0 Å². The Balaban J connectivity index is 2.16. The Labute approximate surface area is 113 Å². The van der Waals surface area contributed by atoms with Gasteiger partial charge in [-0.25, -0.2) is 4.98 Å². The molecule has 0 aliphatic heterocycles. The number of nitriles is 1. The maximum absolute atomic E-state index is 9.10. The highest BCUT2D eigenvalue weighted by atomic mass is 15.1. The van der Waals surface area contributed by atoms with Crippen LogP contribution in [0.5, 0.6) is 0 Å². The van der Waals surface area contributed by atoms with Gasteiger partial charge in [0.1, 0.15) is 11.9 Å². The summed E-state index contributed by atoms with van der Waals surface area (Å²) in [7, 11) is 3.82. The van der Waals surface area contributed by atoms with E-state index in [1.54, 1.807) is 0 Å². The Morgan fingerprint density at radius 2 is 2.05 bits per heavy atom. The number of hydrogen-bond acceptors (Lipinski definition) is 4. The van der Waals surface area contributed by atoms with Gasteiger partial charge in [-0.05, 0) is 23.8 Å². The Morgan fingerprint density at radius 3 is 2.68 bits per heavy atom. The number of benzene rings is 1. The second-order valence-electron chi connectivity index (χ2n) is 4.29. The average molecular weight is 252 g/mol. The van der Waals surface area contributed by atoms with Crippen LogP contribution in [-0.2, 0) is 6.54 Å². The summed E-state index contributed by atoms with van der Waals surface area (Å²) in [4.78, 5) is 6.33. The van der Waals surface area contributed by atoms with Gasteiger partial charge in [0, 0.05) is 26.8 Å². The molecule has 1 aromatic carbocycles. The maximum atomic E-state index is 9.10. The summed E-state index contributed by atoms with van der Waals surface area (Å²) in [5, 5.41) is 12.1. The van der Waals surface area contributed by atoms with Gasteiger partial charge in [-0.15, -0.1) is 0 Å². The van der Waals surface area contributed by atoms with Crippen molar-refractivity contribution in [2.45, 2.75) is 6.54 Å². The quantitative estimate of drug-likeness (QED) is 0.908. The normalized spacial score (nSPS) is 9.74. The molecule has 0 saturated heterocycles. The first-order chi connectivity index (χ1) is 9.24. The van der Waals surface area contributed by atoms with E-state index in [1.165, 1.54) is 0 Å². The predicted octanol–water partition coefficient (Wildman–Crippen LogP) is 2.63. The van der Waals surface area contributed by atoms with Crippen LogP contribution in [0.25, 0.3) is 0 Å². The molecule has 4 heteroatoms. The van der Waals surface area contributed by atoms with Crippen LogP contribution in [0.2, 0.25) is 0 Å². The summed E-state index contributed by atoms with van der Waals surface area (Å²) >= 11 is 0.